The third-order valence-electron chi connectivity index (χ3n) is 2.96. The van der Waals surface area contributed by atoms with E-state index in [1.165, 1.54) is 0 Å². The van der Waals surface area contributed by atoms with E-state index in [9.17, 15) is 4.79 Å². The largest absolute Gasteiger partial charge is 0.334 e. The Hall–Kier alpha value is -2.17. The van der Waals surface area contributed by atoms with E-state index >= 15 is 0 Å². The molecule has 0 bridgehead atoms. The minimum Gasteiger partial charge on any atom is -0.334 e. The number of hydrogen-bond donors (Lipinski definition) is 1. The van der Waals surface area contributed by atoms with Gasteiger partial charge in [0.2, 0.25) is 5.91 Å². The first kappa shape index (κ1) is 14.2. The number of nitrogens with one attached hydrogen (secondary N) is 1. The van der Waals surface area contributed by atoms with E-state index in [4.69, 9.17) is 4.52 Å². The number of benzene rings is 1. The zero-order valence-electron chi connectivity index (χ0n) is 11.8. The van der Waals surface area contributed by atoms with Gasteiger partial charge in [0.25, 0.3) is 5.89 Å². The number of rotatable bonds is 6. The van der Waals surface area contributed by atoms with E-state index in [1.807, 2.05) is 31.2 Å². The summed E-state index contributed by atoms with van der Waals surface area (Å²) in [6.45, 7) is 4.04. The predicted molar refractivity (Wildman–Crippen MR) is 77.3 cm³/mol. The smallest absolute Gasteiger partial charge is 0.257 e. The Morgan fingerprint density at radius 2 is 2.00 bits per heavy atom. The van der Waals surface area contributed by atoms with Crippen LogP contribution in [0.4, 0.5) is 5.69 Å². The summed E-state index contributed by atoms with van der Waals surface area (Å²) in [5.74, 6) is 1.24. The lowest BCUT2D eigenvalue weighted by atomic mass is 10.2. The molecular weight excluding hydrogens is 254 g/mol. The lowest BCUT2D eigenvalue weighted by Gasteiger charge is -2.04. The van der Waals surface area contributed by atoms with E-state index in [-0.39, 0.29) is 5.91 Å². The van der Waals surface area contributed by atoms with Crippen LogP contribution in [0.25, 0.3) is 11.5 Å². The van der Waals surface area contributed by atoms with E-state index in [0.717, 1.165) is 30.5 Å². The first-order valence-electron chi connectivity index (χ1n) is 6.95. The molecule has 5 heteroatoms. The van der Waals surface area contributed by atoms with Crippen molar-refractivity contribution in [2.75, 3.05) is 5.32 Å². The van der Waals surface area contributed by atoms with Crippen molar-refractivity contribution in [3.63, 3.8) is 0 Å². The molecule has 0 aliphatic carbocycles. The molecule has 106 valence electrons. The second-order valence-electron chi connectivity index (χ2n) is 4.60. The second-order valence-corrected chi connectivity index (χ2v) is 4.60. The average molecular weight is 273 g/mol. The molecule has 0 spiro atoms. The van der Waals surface area contributed by atoms with Crippen molar-refractivity contribution in [3.8, 4) is 11.5 Å². The van der Waals surface area contributed by atoms with Crippen LogP contribution in [-0.2, 0) is 11.2 Å². The highest BCUT2D eigenvalue weighted by Gasteiger charge is 2.08. The summed E-state index contributed by atoms with van der Waals surface area (Å²) < 4.78 is 5.17. The summed E-state index contributed by atoms with van der Waals surface area (Å²) in [5, 5.41) is 6.73. The third kappa shape index (κ3) is 3.66. The number of nitrogens with zero attached hydrogens (tertiary/aromatic N) is 2. The van der Waals surface area contributed by atoms with Gasteiger partial charge in [-0.25, -0.2) is 0 Å². The predicted octanol–water partition coefficient (Wildman–Crippen LogP) is 3.43. The maximum Gasteiger partial charge on any atom is 0.257 e. The summed E-state index contributed by atoms with van der Waals surface area (Å²) in [4.78, 5) is 15.9. The highest BCUT2D eigenvalue weighted by atomic mass is 16.5. The van der Waals surface area contributed by atoms with Gasteiger partial charge in [0.15, 0.2) is 5.82 Å². The van der Waals surface area contributed by atoms with Gasteiger partial charge in [-0.2, -0.15) is 4.98 Å². The van der Waals surface area contributed by atoms with Crippen molar-refractivity contribution in [1.82, 2.24) is 10.1 Å². The molecule has 0 radical (unpaired) electrons. The summed E-state index contributed by atoms with van der Waals surface area (Å²) in [7, 11) is 0. The maximum atomic E-state index is 11.6. The van der Waals surface area contributed by atoms with Gasteiger partial charge in [-0.05, 0) is 30.7 Å². The molecule has 5 nitrogen and oxygen atoms in total. The van der Waals surface area contributed by atoms with Crippen molar-refractivity contribution in [3.05, 3.63) is 30.1 Å². The fraction of sp³-hybridized carbons (Fsp3) is 0.400. The fourth-order valence-electron chi connectivity index (χ4n) is 1.77. The Morgan fingerprint density at radius 3 is 2.60 bits per heavy atom. The molecule has 0 fully saturated rings. The molecule has 0 saturated heterocycles. The number of aromatic nitrogens is 2. The standard InChI is InChI=1S/C15H19N3O2/c1-3-5-6-14(19)16-12-9-7-11(8-10-12)15-17-13(4-2)18-20-15/h7-10H,3-6H2,1-2H3,(H,16,19). The Labute approximate surface area is 118 Å². The lowest BCUT2D eigenvalue weighted by molar-refractivity contribution is -0.116. The van der Waals surface area contributed by atoms with Gasteiger partial charge in [0.1, 0.15) is 0 Å². The minimum absolute atomic E-state index is 0.0469. The van der Waals surface area contributed by atoms with Crippen LogP contribution in [-0.4, -0.2) is 16.0 Å². The summed E-state index contributed by atoms with van der Waals surface area (Å²) in [6.07, 6.45) is 3.23. The van der Waals surface area contributed by atoms with Crippen LogP contribution < -0.4 is 5.32 Å². The molecule has 1 N–H and O–H groups in total. The number of anilines is 1. The molecule has 2 aromatic rings. The zero-order chi connectivity index (χ0) is 14.4. The lowest BCUT2D eigenvalue weighted by Crippen LogP contribution is -2.10. The van der Waals surface area contributed by atoms with Crippen LogP contribution in [0.5, 0.6) is 0 Å². The zero-order valence-corrected chi connectivity index (χ0v) is 11.8. The molecule has 20 heavy (non-hydrogen) atoms. The van der Waals surface area contributed by atoms with Gasteiger partial charge < -0.3 is 9.84 Å². The Morgan fingerprint density at radius 1 is 1.25 bits per heavy atom. The van der Waals surface area contributed by atoms with Crippen LogP contribution in [0.15, 0.2) is 28.8 Å². The number of carbonyl (C=O) groups excluding carboxylic acids is 1. The molecule has 0 aliphatic rings. The monoisotopic (exact) mass is 273 g/mol. The van der Waals surface area contributed by atoms with Gasteiger partial charge in [-0.3, -0.25) is 4.79 Å². The fourth-order valence-corrected chi connectivity index (χ4v) is 1.77. The molecule has 0 saturated carbocycles. The van der Waals surface area contributed by atoms with Crippen LogP contribution in [0.1, 0.15) is 38.9 Å². The van der Waals surface area contributed by atoms with Crippen molar-refractivity contribution in [1.29, 1.82) is 0 Å². The maximum absolute atomic E-state index is 11.6. The Bertz CT molecular complexity index is 561. The molecule has 0 unspecified atom stereocenters. The minimum atomic E-state index is 0.0469. The third-order valence-corrected chi connectivity index (χ3v) is 2.96. The van der Waals surface area contributed by atoms with Crippen molar-refractivity contribution in [2.45, 2.75) is 39.5 Å². The molecule has 1 amide bonds. The molecular formula is C15H19N3O2. The summed E-state index contributed by atoms with van der Waals surface area (Å²) in [5.41, 5.74) is 1.63. The number of hydrogen-bond acceptors (Lipinski definition) is 4. The van der Waals surface area contributed by atoms with E-state index < -0.39 is 0 Å². The van der Waals surface area contributed by atoms with Gasteiger partial charge in [0, 0.05) is 24.1 Å². The van der Waals surface area contributed by atoms with Crippen LogP contribution in [0.3, 0.4) is 0 Å². The van der Waals surface area contributed by atoms with Crippen LogP contribution in [0, 0.1) is 0 Å². The Balaban J connectivity index is 2.00. The SMILES string of the molecule is CCCCC(=O)Nc1ccc(-c2nc(CC)no2)cc1. The van der Waals surface area contributed by atoms with Crippen molar-refractivity contribution >= 4 is 11.6 Å². The molecule has 1 aromatic carbocycles. The van der Waals surface area contributed by atoms with Gasteiger partial charge in [0.05, 0.1) is 0 Å². The van der Waals surface area contributed by atoms with E-state index in [1.54, 1.807) is 0 Å². The molecule has 2 rings (SSSR count). The molecule has 0 aliphatic heterocycles. The van der Waals surface area contributed by atoms with Crippen LogP contribution in [0.2, 0.25) is 0 Å². The number of unbranched alkanes of at least 4 members (excludes halogenated alkanes) is 1. The van der Waals surface area contributed by atoms with Gasteiger partial charge in [-0.1, -0.05) is 25.4 Å². The first-order valence-corrected chi connectivity index (χ1v) is 6.95. The second kappa shape index (κ2) is 6.84. The highest BCUT2D eigenvalue weighted by Crippen LogP contribution is 2.20. The molecule has 1 heterocycles. The van der Waals surface area contributed by atoms with E-state index in [2.05, 4.69) is 22.4 Å². The van der Waals surface area contributed by atoms with E-state index in [0.29, 0.717) is 18.1 Å². The molecule has 0 atom stereocenters. The highest BCUT2D eigenvalue weighted by molar-refractivity contribution is 5.90. The normalized spacial score (nSPS) is 10.5. The summed E-state index contributed by atoms with van der Waals surface area (Å²) in [6, 6.07) is 7.41. The molecule has 1 aromatic heterocycles. The topological polar surface area (TPSA) is 68.0 Å². The number of carbonyl (C=O) groups is 1. The number of aryl methyl sites for hydroxylation is 1. The summed E-state index contributed by atoms with van der Waals surface area (Å²) >= 11 is 0. The van der Waals surface area contributed by atoms with Crippen molar-refractivity contribution in [2.24, 2.45) is 0 Å². The first-order chi connectivity index (χ1) is 9.72. The van der Waals surface area contributed by atoms with Gasteiger partial charge in [-0.15, -0.1) is 0 Å². The van der Waals surface area contributed by atoms with Gasteiger partial charge >= 0.3 is 0 Å². The van der Waals surface area contributed by atoms with Crippen molar-refractivity contribution < 1.29 is 9.32 Å². The quantitative estimate of drug-likeness (QED) is 0.875. The van der Waals surface area contributed by atoms with Crippen LogP contribution >= 0.6 is 0 Å². The Kier molecular flexibility index (Phi) is 4.87. The number of amides is 1. The average Bonchev–Trinajstić information content (AvgIpc) is 2.95.